The van der Waals surface area contributed by atoms with E-state index < -0.39 is 12.2 Å². The van der Waals surface area contributed by atoms with E-state index in [4.69, 9.17) is 9.47 Å². The fourth-order valence-electron chi connectivity index (χ4n) is 2.64. The summed E-state index contributed by atoms with van der Waals surface area (Å²) >= 11 is 0. The lowest BCUT2D eigenvalue weighted by Gasteiger charge is -2.18. The molecule has 27 heavy (non-hydrogen) atoms. The highest BCUT2D eigenvalue weighted by Crippen LogP contribution is 2.12. The summed E-state index contributed by atoms with van der Waals surface area (Å²) in [6.45, 7) is 3.97. The number of ether oxygens (including phenoxy) is 2. The molecule has 0 saturated heterocycles. The van der Waals surface area contributed by atoms with Gasteiger partial charge < -0.3 is 25.0 Å². The summed E-state index contributed by atoms with van der Waals surface area (Å²) in [6.07, 6.45) is 0.554. The van der Waals surface area contributed by atoms with Crippen molar-refractivity contribution in [3.8, 4) is 11.5 Å². The van der Waals surface area contributed by atoms with E-state index in [1.54, 1.807) is 0 Å². The molecule has 0 aliphatic heterocycles. The van der Waals surface area contributed by atoms with Crippen LogP contribution in [0.1, 0.15) is 19.8 Å². The molecule has 5 nitrogen and oxygen atoms in total. The third-order valence-electron chi connectivity index (χ3n) is 4.24. The molecule has 148 valence electrons. The molecule has 0 aliphatic rings. The van der Waals surface area contributed by atoms with Gasteiger partial charge in [-0.1, -0.05) is 43.3 Å². The van der Waals surface area contributed by atoms with Crippen molar-refractivity contribution in [2.24, 2.45) is 5.92 Å². The first-order chi connectivity index (χ1) is 13.1. The summed E-state index contributed by atoms with van der Waals surface area (Å²) in [5.74, 6) is 1.94. The van der Waals surface area contributed by atoms with Crippen LogP contribution in [0.4, 0.5) is 0 Å². The van der Waals surface area contributed by atoms with Crippen molar-refractivity contribution in [1.82, 2.24) is 5.32 Å². The van der Waals surface area contributed by atoms with Crippen LogP contribution in [0.25, 0.3) is 0 Å². The van der Waals surface area contributed by atoms with Crippen molar-refractivity contribution in [2.75, 3.05) is 26.3 Å². The van der Waals surface area contributed by atoms with Crippen molar-refractivity contribution < 1.29 is 19.7 Å². The Morgan fingerprint density at radius 2 is 1.26 bits per heavy atom. The van der Waals surface area contributed by atoms with E-state index in [1.807, 2.05) is 60.7 Å². The van der Waals surface area contributed by atoms with Crippen LogP contribution in [0.15, 0.2) is 60.7 Å². The predicted octanol–water partition coefficient (Wildman–Crippen LogP) is 2.87. The molecule has 2 aromatic carbocycles. The molecule has 0 radical (unpaired) electrons. The van der Waals surface area contributed by atoms with E-state index in [0.29, 0.717) is 25.5 Å². The smallest absolute Gasteiger partial charge is 0.119 e. The molecule has 2 rings (SSSR count). The number of para-hydroxylation sites is 2. The highest BCUT2D eigenvalue weighted by atomic mass is 16.5. The van der Waals surface area contributed by atoms with Gasteiger partial charge in [0.25, 0.3) is 0 Å². The number of benzene rings is 2. The lowest BCUT2D eigenvalue weighted by Crippen LogP contribution is -2.34. The number of aliphatic hydroxyl groups is 2. The minimum Gasteiger partial charge on any atom is -0.491 e. The molecule has 3 N–H and O–H groups in total. The fraction of sp³-hybridized carbons (Fsp3) is 0.455. The van der Waals surface area contributed by atoms with Gasteiger partial charge in [-0.3, -0.25) is 0 Å². The number of rotatable bonds is 13. The van der Waals surface area contributed by atoms with Gasteiger partial charge in [-0.15, -0.1) is 0 Å². The molecule has 0 amide bonds. The van der Waals surface area contributed by atoms with Crippen LogP contribution < -0.4 is 14.8 Å². The Hall–Kier alpha value is -2.08. The Kier molecular flexibility index (Phi) is 9.69. The summed E-state index contributed by atoms with van der Waals surface area (Å²) in [5.41, 5.74) is 0. The fourth-order valence-corrected chi connectivity index (χ4v) is 2.64. The Morgan fingerprint density at radius 1 is 0.741 bits per heavy atom. The summed E-state index contributed by atoms with van der Waals surface area (Å²) in [6, 6.07) is 19.0. The molecule has 0 aliphatic carbocycles. The Morgan fingerprint density at radius 3 is 1.81 bits per heavy atom. The summed E-state index contributed by atoms with van der Waals surface area (Å²) in [7, 11) is 0. The van der Waals surface area contributed by atoms with Gasteiger partial charge in [-0.2, -0.15) is 0 Å². The van der Waals surface area contributed by atoms with E-state index in [0.717, 1.165) is 24.5 Å². The third-order valence-corrected chi connectivity index (χ3v) is 4.24. The van der Waals surface area contributed by atoms with Crippen molar-refractivity contribution in [3.05, 3.63) is 60.7 Å². The first-order valence-electron chi connectivity index (χ1n) is 9.56. The zero-order valence-electron chi connectivity index (χ0n) is 16.0. The number of aliphatic hydroxyl groups excluding tert-OH is 2. The van der Waals surface area contributed by atoms with Crippen molar-refractivity contribution >= 4 is 0 Å². The zero-order valence-corrected chi connectivity index (χ0v) is 16.0. The summed E-state index contributed by atoms with van der Waals surface area (Å²) < 4.78 is 11.1. The lowest BCUT2D eigenvalue weighted by molar-refractivity contribution is 0.0925. The monoisotopic (exact) mass is 373 g/mol. The predicted molar refractivity (Wildman–Crippen MR) is 107 cm³/mol. The van der Waals surface area contributed by atoms with Gasteiger partial charge in [0.2, 0.25) is 0 Å². The molecule has 0 spiro atoms. The number of hydrogen-bond acceptors (Lipinski definition) is 5. The standard InChI is InChI=1S/C22H31NO4/c1-18(12-13-19(24)16-26-21-8-4-2-5-9-21)14-23-15-20(25)17-27-22-10-6-3-7-11-22/h2-11,18-20,23-25H,12-17H2,1H3. The minimum absolute atomic E-state index is 0.265. The van der Waals surface area contributed by atoms with E-state index in [-0.39, 0.29) is 6.61 Å². The van der Waals surface area contributed by atoms with E-state index in [1.165, 1.54) is 0 Å². The van der Waals surface area contributed by atoms with Gasteiger partial charge in [-0.25, -0.2) is 0 Å². The van der Waals surface area contributed by atoms with Crippen LogP contribution in [-0.4, -0.2) is 48.7 Å². The van der Waals surface area contributed by atoms with Gasteiger partial charge in [0.15, 0.2) is 0 Å². The highest BCUT2D eigenvalue weighted by Gasteiger charge is 2.10. The van der Waals surface area contributed by atoms with Gasteiger partial charge >= 0.3 is 0 Å². The Labute approximate surface area is 162 Å². The minimum atomic E-state index is -0.553. The molecule has 3 unspecified atom stereocenters. The molecular weight excluding hydrogens is 342 g/mol. The average molecular weight is 373 g/mol. The Balaban J connectivity index is 1.50. The van der Waals surface area contributed by atoms with Crippen LogP contribution in [0.5, 0.6) is 11.5 Å². The maximum Gasteiger partial charge on any atom is 0.119 e. The quantitative estimate of drug-likeness (QED) is 0.504. The van der Waals surface area contributed by atoms with Crippen LogP contribution in [0, 0.1) is 5.92 Å². The SMILES string of the molecule is CC(CCC(O)COc1ccccc1)CNCC(O)COc1ccccc1. The van der Waals surface area contributed by atoms with Crippen LogP contribution in [0.2, 0.25) is 0 Å². The van der Waals surface area contributed by atoms with Gasteiger partial charge in [0, 0.05) is 6.54 Å². The Bertz CT molecular complexity index is 608. The van der Waals surface area contributed by atoms with Gasteiger partial charge in [0.05, 0.1) is 6.10 Å². The van der Waals surface area contributed by atoms with Crippen molar-refractivity contribution in [1.29, 1.82) is 0 Å². The zero-order chi connectivity index (χ0) is 19.3. The van der Waals surface area contributed by atoms with Crippen LogP contribution in [-0.2, 0) is 0 Å². The average Bonchev–Trinajstić information content (AvgIpc) is 2.70. The van der Waals surface area contributed by atoms with E-state index in [9.17, 15) is 10.2 Å². The van der Waals surface area contributed by atoms with Gasteiger partial charge in [-0.05, 0) is 49.6 Å². The summed E-state index contributed by atoms with van der Waals surface area (Å²) in [4.78, 5) is 0. The first-order valence-corrected chi connectivity index (χ1v) is 9.56. The number of hydrogen-bond donors (Lipinski definition) is 3. The lowest BCUT2D eigenvalue weighted by atomic mass is 10.0. The second-order valence-corrected chi connectivity index (χ2v) is 6.90. The van der Waals surface area contributed by atoms with Crippen molar-refractivity contribution in [2.45, 2.75) is 32.0 Å². The second kappa shape index (κ2) is 12.3. The molecule has 0 aromatic heterocycles. The molecule has 3 atom stereocenters. The highest BCUT2D eigenvalue weighted by molar-refractivity contribution is 5.21. The van der Waals surface area contributed by atoms with Crippen molar-refractivity contribution in [3.63, 3.8) is 0 Å². The molecule has 0 fully saturated rings. The maximum absolute atomic E-state index is 10.0. The molecule has 0 bridgehead atoms. The molecule has 2 aromatic rings. The number of nitrogens with one attached hydrogen (secondary N) is 1. The van der Waals surface area contributed by atoms with Crippen LogP contribution >= 0.6 is 0 Å². The third kappa shape index (κ3) is 9.43. The summed E-state index contributed by atoms with van der Waals surface area (Å²) in [5, 5.41) is 23.3. The molecule has 5 heteroatoms. The maximum atomic E-state index is 10.0. The van der Waals surface area contributed by atoms with E-state index in [2.05, 4.69) is 12.2 Å². The van der Waals surface area contributed by atoms with Gasteiger partial charge in [0.1, 0.15) is 30.8 Å². The topological polar surface area (TPSA) is 71.0 Å². The van der Waals surface area contributed by atoms with E-state index >= 15 is 0 Å². The molecule has 0 saturated carbocycles. The second-order valence-electron chi connectivity index (χ2n) is 6.90. The normalized spacial score (nSPS) is 14.3. The largest absolute Gasteiger partial charge is 0.491 e. The molecule has 0 heterocycles. The van der Waals surface area contributed by atoms with Crippen LogP contribution in [0.3, 0.4) is 0 Å². The first kappa shape index (κ1) is 21.2. The molecular formula is C22H31NO4.